The van der Waals surface area contributed by atoms with E-state index in [2.05, 4.69) is 15.1 Å². The molecular weight excluding hydrogens is 263 g/mol. The molecule has 0 bridgehead atoms. The molecule has 19 heavy (non-hydrogen) atoms. The molecule has 5 nitrogen and oxygen atoms in total. The molecule has 1 aromatic heterocycles. The van der Waals surface area contributed by atoms with Crippen molar-refractivity contribution in [1.29, 1.82) is 0 Å². The lowest BCUT2D eigenvalue weighted by Crippen LogP contribution is -2.29. The van der Waals surface area contributed by atoms with Gasteiger partial charge < -0.3 is 9.47 Å². The van der Waals surface area contributed by atoms with Gasteiger partial charge in [-0.2, -0.15) is 13.2 Å². The van der Waals surface area contributed by atoms with E-state index in [9.17, 15) is 13.2 Å². The summed E-state index contributed by atoms with van der Waals surface area (Å²) in [5.41, 5.74) is 3.23. The second-order valence-electron chi connectivity index (χ2n) is 3.83. The minimum Gasteiger partial charge on any atom is -0.495 e. The van der Waals surface area contributed by atoms with Crippen molar-refractivity contribution in [2.45, 2.75) is 18.6 Å². The van der Waals surface area contributed by atoms with Crippen LogP contribution in [0.5, 0.6) is 5.75 Å². The molecule has 0 aliphatic rings. The standard InChI is InChI=1S/C11H16F3N3O2/c1-18-9-4-8(5-16-6-9)10(17-15)2-3-19-7-11(12,13)14/h4-6,10,17H,2-3,7,15H2,1H3. The first-order valence-electron chi connectivity index (χ1n) is 5.56. The Kier molecular flexibility index (Phi) is 6.00. The third kappa shape index (κ3) is 5.86. The minimum absolute atomic E-state index is 0.0639. The molecule has 0 saturated carbocycles. The summed E-state index contributed by atoms with van der Waals surface area (Å²) < 4.78 is 45.2. The van der Waals surface area contributed by atoms with Gasteiger partial charge in [-0.3, -0.25) is 16.3 Å². The smallest absolute Gasteiger partial charge is 0.411 e. The molecule has 0 radical (unpaired) electrons. The van der Waals surface area contributed by atoms with Crippen LogP contribution in [0.1, 0.15) is 18.0 Å². The van der Waals surface area contributed by atoms with Crippen LogP contribution in [0.25, 0.3) is 0 Å². The quantitative estimate of drug-likeness (QED) is 0.450. The largest absolute Gasteiger partial charge is 0.495 e. The summed E-state index contributed by atoms with van der Waals surface area (Å²) in [6, 6.07) is 1.36. The van der Waals surface area contributed by atoms with E-state index >= 15 is 0 Å². The number of nitrogens with zero attached hydrogens (tertiary/aromatic N) is 1. The molecule has 1 atom stereocenters. The van der Waals surface area contributed by atoms with Crippen LogP contribution in [0.4, 0.5) is 13.2 Å². The molecule has 0 aromatic carbocycles. The summed E-state index contributed by atoms with van der Waals surface area (Å²) in [7, 11) is 1.50. The third-order valence-electron chi connectivity index (χ3n) is 2.39. The second kappa shape index (κ2) is 7.27. The summed E-state index contributed by atoms with van der Waals surface area (Å²) in [5, 5.41) is 0. The zero-order chi connectivity index (χ0) is 14.3. The third-order valence-corrected chi connectivity index (χ3v) is 2.39. The second-order valence-corrected chi connectivity index (χ2v) is 3.83. The number of hydrogen-bond donors (Lipinski definition) is 2. The lowest BCUT2D eigenvalue weighted by Gasteiger charge is -2.17. The average Bonchev–Trinajstić information content (AvgIpc) is 2.37. The Morgan fingerprint density at radius 3 is 2.74 bits per heavy atom. The maximum atomic E-state index is 11.9. The molecule has 3 N–H and O–H groups in total. The van der Waals surface area contributed by atoms with E-state index in [1.807, 2.05) is 0 Å². The van der Waals surface area contributed by atoms with E-state index in [0.717, 1.165) is 5.56 Å². The van der Waals surface area contributed by atoms with Gasteiger partial charge in [-0.1, -0.05) is 0 Å². The fourth-order valence-electron chi connectivity index (χ4n) is 1.47. The van der Waals surface area contributed by atoms with Crippen molar-refractivity contribution in [2.75, 3.05) is 20.3 Å². The van der Waals surface area contributed by atoms with Gasteiger partial charge in [0, 0.05) is 18.8 Å². The highest BCUT2D eigenvalue weighted by atomic mass is 19.4. The molecule has 1 unspecified atom stereocenters. The highest BCUT2D eigenvalue weighted by Crippen LogP contribution is 2.20. The first-order valence-corrected chi connectivity index (χ1v) is 5.56. The van der Waals surface area contributed by atoms with Crippen molar-refractivity contribution in [3.63, 3.8) is 0 Å². The van der Waals surface area contributed by atoms with E-state index in [1.54, 1.807) is 12.3 Å². The van der Waals surface area contributed by atoms with Crippen LogP contribution in [0, 0.1) is 0 Å². The van der Waals surface area contributed by atoms with Crippen LogP contribution in [0.2, 0.25) is 0 Å². The van der Waals surface area contributed by atoms with Crippen LogP contribution >= 0.6 is 0 Å². The van der Waals surface area contributed by atoms with Crippen molar-refractivity contribution in [1.82, 2.24) is 10.4 Å². The molecule has 0 saturated heterocycles. The van der Waals surface area contributed by atoms with Gasteiger partial charge in [0.1, 0.15) is 12.4 Å². The average molecular weight is 279 g/mol. The van der Waals surface area contributed by atoms with Gasteiger partial charge in [-0.25, -0.2) is 0 Å². The molecule has 1 heterocycles. The maximum absolute atomic E-state index is 11.9. The van der Waals surface area contributed by atoms with Gasteiger partial charge in [0.25, 0.3) is 0 Å². The fraction of sp³-hybridized carbons (Fsp3) is 0.545. The molecule has 0 aliphatic heterocycles. The van der Waals surface area contributed by atoms with Crippen LogP contribution in [0.3, 0.4) is 0 Å². The van der Waals surface area contributed by atoms with Crippen LogP contribution in [0.15, 0.2) is 18.5 Å². The van der Waals surface area contributed by atoms with Crippen molar-refractivity contribution in [2.24, 2.45) is 5.84 Å². The number of hydrazine groups is 1. The Bertz CT molecular complexity index is 388. The topological polar surface area (TPSA) is 69.4 Å². The monoisotopic (exact) mass is 279 g/mol. The predicted octanol–water partition coefficient (Wildman–Crippen LogP) is 1.56. The minimum atomic E-state index is -4.32. The number of alkyl halides is 3. The van der Waals surface area contributed by atoms with E-state index in [-0.39, 0.29) is 12.6 Å². The number of methoxy groups -OCH3 is 1. The zero-order valence-electron chi connectivity index (χ0n) is 10.4. The summed E-state index contributed by atoms with van der Waals surface area (Å²) >= 11 is 0. The highest BCUT2D eigenvalue weighted by molar-refractivity contribution is 5.25. The Balaban J connectivity index is 2.48. The molecule has 108 valence electrons. The number of aromatic nitrogens is 1. The van der Waals surface area contributed by atoms with Crippen molar-refractivity contribution in [3.8, 4) is 5.75 Å². The molecule has 0 amide bonds. The summed E-state index contributed by atoms with van der Waals surface area (Å²) in [6.45, 7) is -1.33. The lowest BCUT2D eigenvalue weighted by atomic mass is 10.1. The first-order chi connectivity index (χ1) is 8.96. The SMILES string of the molecule is COc1cncc(C(CCOCC(F)(F)F)NN)c1. The predicted molar refractivity (Wildman–Crippen MR) is 62.3 cm³/mol. The number of rotatable bonds is 7. The Hall–Kier alpha value is -1.38. The van der Waals surface area contributed by atoms with Crippen molar-refractivity contribution in [3.05, 3.63) is 24.0 Å². The number of hydrogen-bond acceptors (Lipinski definition) is 5. The van der Waals surface area contributed by atoms with Gasteiger partial charge in [-0.05, 0) is 18.1 Å². The van der Waals surface area contributed by atoms with Crippen LogP contribution in [-0.2, 0) is 4.74 Å². The van der Waals surface area contributed by atoms with E-state index < -0.39 is 12.8 Å². The summed E-state index contributed by atoms with van der Waals surface area (Å²) in [6.07, 6.45) is -0.932. The van der Waals surface area contributed by atoms with Crippen molar-refractivity contribution < 1.29 is 22.6 Å². The highest BCUT2D eigenvalue weighted by Gasteiger charge is 2.27. The summed E-state index contributed by atoms with van der Waals surface area (Å²) in [5.74, 6) is 5.92. The Labute approximate surface area is 108 Å². The molecule has 1 aromatic rings. The molecule has 8 heteroatoms. The van der Waals surface area contributed by atoms with E-state index in [1.165, 1.54) is 13.3 Å². The van der Waals surface area contributed by atoms with Gasteiger partial charge in [0.2, 0.25) is 0 Å². The number of nitrogens with one attached hydrogen (secondary N) is 1. The molecule has 1 rings (SSSR count). The lowest BCUT2D eigenvalue weighted by molar-refractivity contribution is -0.174. The number of nitrogens with two attached hydrogens (primary N) is 1. The molecule has 0 aliphatic carbocycles. The van der Waals surface area contributed by atoms with Crippen LogP contribution in [-0.4, -0.2) is 31.5 Å². The van der Waals surface area contributed by atoms with Gasteiger partial charge in [0.15, 0.2) is 0 Å². The molecule has 0 spiro atoms. The first kappa shape index (κ1) is 15.7. The van der Waals surface area contributed by atoms with E-state index in [4.69, 9.17) is 10.6 Å². The normalized spacial score (nSPS) is 13.3. The Morgan fingerprint density at radius 2 is 2.16 bits per heavy atom. The Morgan fingerprint density at radius 1 is 1.42 bits per heavy atom. The van der Waals surface area contributed by atoms with Gasteiger partial charge in [0.05, 0.1) is 13.3 Å². The van der Waals surface area contributed by atoms with Gasteiger partial charge in [-0.15, -0.1) is 0 Å². The molecule has 0 fully saturated rings. The van der Waals surface area contributed by atoms with Crippen LogP contribution < -0.4 is 16.0 Å². The van der Waals surface area contributed by atoms with Gasteiger partial charge >= 0.3 is 6.18 Å². The fourth-order valence-corrected chi connectivity index (χ4v) is 1.47. The zero-order valence-corrected chi connectivity index (χ0v) is 10.4. The number of pyridine rings is 1. The molecular formula is C11H16F3N3O2. The van der Waals surface area contributed by atoms with Crippen molar-refractivity contribution >= 4 is 0 Å². The number of halogens is 3. The van der Waals surface area contributed by atoms with E-state index in [0.29, 0.717) is 12.2 Å². The number of ether oxygens (including phenoxy) is 2. The summed E-state index contributed by atoms with van der Waals surface area (Å²) in [4.78, 5) is 3.95. The maximum Gasteiger partial charge on any atom is 0.411 e.